The molecular formula is C13H11ClFNO. The standard InChI is InChI=1S/C13H11ClFNO/c1-9-2-3-11(6-12(9)15)17-13-4-5-16-8-10(13)7-14/h2-6,8H,7H2,1H3. The molecule has 0 radical (unpaired) electrons. The highest BCUT2D eigenvalue weighted by molar-refractivity contribution is 6.17. The predicted octanol–water partition coefficient (Wildman–Crippen LogP) is 4.06. The summed E-state index contributed by atoms with van der Waals surface area (Å²) in [7, 11) is 0. The third kappa shape index (κ3) is 2.74. The lowest BCUT2D eigenvalue weighted by Gasteiger charge is -2.09. The molecule has 1 aromatic carbocycles. The molecule has 1 heterocycles. The average molecular weight is 252 g/mol. The third-order valence-corrected chi connectivity index (χ3v) is 2.66. The van der Waals surface area contributed by atoms with Crippen LogP contribution in [-0.2, 0) is 5.88 Å². The van der Waals surface area contributed by atoms with Gasteiger partial charge in [-0.3, -0.25) is 4.98 Å². The molecule has 0 spiro atoms. The molecule has 0 aliphatic carbocycles. The Bertz CT molecular complexity index is 531. The largest absolute Gasteiger partial charge is 0.457 e. The third-order valence-electron chi connectivity index (χ3n) is 2.37. The molecule has 0 saturated heterocycles. The average Bonchev–Trinajstić information content (AvgIpc) is 2.34. The van der Waals surface area contributed by atoms with Gasteiger partial charge in [0, 0.05) is 24.0 Å². The molecule has 88 valence electrons. The first-order valence-corrected chi connectivity index (χ1v) is 5.67. The number of ether oxygens (including phenoxy) is 1. The van der Waals surface area contributed by atoms with Gasteiger partial charge in [-0.05, 0) is 24.6 Å². The Morgan fingerprint density at radius 3 is 2.88 bits per heavy atom. The second kappa shape index (κ2) is 5.15. The lowest BCUT2D eigenvalue weighted by molar-refractivity contribution is 0.471. The number of hydrogen-bond donors (Lipinski definition) is 0. The fourth-order valence-electron chi connectivity index (χ4n) is 1.38. The fraction of sp³-hybridized carbons (Fsp3) is 0.154. The van der Waals surface area contributed by atoms with Crippen LogP contribution in [0.2, 0.25) is 0 Å². The van der Waals surface area contributed by atoms with Crippen LogP contribution in [0, 0.1) is 12.7 Å². The van der Waals surface area contributed by atoms with E-state index in [1.54, 1.807) is 37.5 Å². The zero-order valence-electron chi connectivity index (χ0n) is 9.28. The highest BCUT2D eigenvalue weighted by Gasteiger charge is 2.05. The van der Waals surface area contributed by atoms with Crippen molar-refractivity contribution in [3.63, 3.8) is 0 Å². The molecule has 0 fully saturated rings. The molecule has 0 unspecified atom stereocenters. The number of benzene rings is 1. The van der Waals surface area contributed by atoms with E-state index in [2.05, 4.69) is 4.98 Å². The maximum Gasteiger partial charge on any atom is 0.134 e. The van der Waals surface area contributed by atoms with Gasteiger partial charge in [0.25, 0.3) is 0 Å². The molecule has 17 heavy (non-hydrogen) atoms. The van der Waals surface area contributed by atoms with Crippen molar-refractivity contribution in [2.45, 2.75) is 12.8 Å². The first-order valence-electron chi connectivity index (χ1n) is 5.13. The van der Waals surface area contributed by atoms with Gasteiger partial charge in [0.1, 0.15) is 17.3 Å². The monoisotopic (exact) mass is 251 g/mol. The zero-order chi connectivity index (χ0) is 12.3. The van der Waals surface area contributed by atoms with Crippen LogP contribution in [0.25, 0.3) is 0 Å². The van der Waals surface area contributed by atoms with E-state index >= 15 is 0 Å². The van der Waals surface area contributed by atoms with E-state index in [9.17, 15) is 4.39 Å². The topological polar surface area (TPSA) is 22.1 Å². The Labute approximate surface area is 104 Å². The van der Waals surface area contributed by atoms with Crippen molar-refractivity contribution in [3.8, 4) is 11.5 Å². The van der Waals surface area contributed by atoms with Crippen LogP contribution in [-0.4, -0.2) is 4.98 Å². The minimum Gasteiger partial charge on any atom is -0.457 e. The minimum absolute atomic E-state index is 0.288. The summed E-state index contributed by atoms with van der Waals surface area (Å²) in [5.74, 6) is 1.06. The minimum atomic E-state index is -0.288. The number of pyridine rings is 1. The number of rotatable bonds is 3. The lowest BCUT2D eigenvalue weighted by atomic mass is 10.2. The summed E-state index contributed by atoms with van der Waals surface area (Å²) in [4.78, 5) is 3.95. The van der Waals surface area contributed by atoms with E-state index in [0.717, 1.165) is 5.56 Å². The molecule has 0 atom stereocenters. The maximum atomic E-state index is 13.3. The molecule has 2 aromatic rings. The highest BCUT2D eigenvalue weighted by Crippen LogP contribution is 2.26. The molecule has 0 aliphatic rings. The van der Waals surface area contributed by atoms with Gasteiger partial charge in [-0.1, -0.05) is 6.07 Å². The van der Waals surface area contributed by atoms with Crippen LogP contribution in [0.15, 0.2) is 36.7 Å². The Kier molecular flexibility index (Phi) is 3.59. The fourth-order valence-corrected chi connectivity index (χ4v) is 1.58. The van der Waals surface area contributed by atoms with Crippen LogP contribution < -0.4 is 4.74 Å². The first-order chi connectivity index (χ1) is 8.20. The van der Waals surface area contributed by atoms with Crippen LogP contribution in [0.4, 0.5) is 4.39 Å². The van der Waals surface area contributed by atoms with E-state index in [4.69, 9.17) is 16.3 Å². The highest BCUT2D eigenvalue weighted by atomic mass is 35.5. The van der Waals surface area contributed by atoms with Crippen LogP contribution in [0.3, 0.4) is 0 Å². The Balaban J connectivity index is 2.28. The predicted molar refractivity (Wildman–Crippen MR) is 65.0 cm³/mol. The summed E-state index contributed by atoms with van der Waals surface area (Å²) >= 11 is 5.76. The van der Waals surface area contributed by atoms with E-state index in [-0.39, 0.29) is 5.82 Å². The number of hydrogen-bond acceptors (Lipinski definition) is 2. The second-order valence-electron chi connectivity index (χ2n) is 3.63. The van der Waals surface area contributed by atoms with Gasteiger partial charge in [-0.15, -0.1) is 11.6 Å². The number of halogens is 2. The summed E-state index contributed by atoms with van der Waals surface area (Å²) in [6, 6.07) is 6.45. The van der Waals surface area contributed by atoms with E-state index in [1.807, 2.05) is 0 Å². The lowest BCUT2D eigenvalue weighted by Crippen LogP contribution is -1.92. The number of aromatic nitrogens is 1. The zero-order valence-corrected chi connectivity index (χ0v) is 10.0. The molecule has 0 N–H and O–H groups in total. The molecule has 0 saturated carbocycles. The molecular weight excluding hydrogens is 241 g/mol. The molecule has 1 aromatic heterocycles. The van der Waals surface area contributed by atoms with Crippen molar-refractivity contribution in [2.75, 3.05) is 0 Å². The molecule has 0 bridgehead atoms. The van der Waals surface area contributed by atoms with Crippen molar-refractivity contribution in [3.05, 3.63) is 53.6 Å². The SMILES string of the molecule is Cc1ccc(Oc2ccncc2CCl)cc1F. The maximum absolute atomic E-state index is 13.3. The van der Waals surface area contributed by atoms with Crippen molar-refractivity contribution < 1.29 is 9.13 Å². The Hall–Kier alpha value is -1.61. The van der Waals surface area contributed by atoms with Gasteiger partial charge >= 0.3 is 0 Å². The van der Waals surface area contributed by atoms with Crippen molar-refractivity contribution in [1.82, 2.24) is 4.98 Å². The van der Waals surface area contributed by atoms with Crippen molar-refractivity contribution in [1.29, 1.82) is 0 Å². The number of alkyl halides is 1. The van der Waals surface area contributed by atoms with E-state index in [1.165, 1.54) is 6.07 Å². The van der Waals surface area contributed by atoms with Gasteiger partial charge in [0.15, 0.2) is 0 Å². The number of aryl methyl sites for hydroxylation is 1. The van der Waals surface area contributed by atoms with Crippen LogP contribution in [0.5, 0.6) is 11.5 Å². The molecule has 2 nitrogen and oxygen atoms in total. The molecule has 2 rings (SSSR count). The van der Waals surface area contributed by atoms with E-state index < -0.39 is 0 Å². The normalized spacial score (nSPS) is 10.3. The van der Waals surface area contributed by atoms with Gasteiger partial charge < -0.3 is 4.74 Å². The van der Waals surface area contributed by atoms with Gasteiger partial charge in [-0.25, -0.2) is 4.39 Å². The van der Waals surface area contributed by atoms with Crippen molar-refractivity contribution in [2.24, 2.45) is 0 Å². The smallest absolute Gasteiger partial charge is 0.134 e. The Morgan fingerprint density at radius 1 is 1.35 bits per heavy atom. The van der Waals surface area contributed by atoms with Gasteiger partial charge in [0.05, 0.1) is 5.88 Å². The quantitative estimate of drug-likeness (QED) is 0.768. The number of nitrogens with zero attached hydrogens (tertiary/aromatic N) is 1. The summed E-state index contributed by atoms with van der Waals surface area (Å²) in [5, 5.41) is 0. The Morgan fingerprint density at radius 2 is 2.18 bits per heavy atom. The molecule has 0 amide bonds. The van der Waals surface area contributed by atoms with E-state index in [0.29, 0.717) is 22.9 Å². The first kappa shape index (κ1) is 11.9. The molecule has 0 aliphatic heterocycles. The summed E-state index contributed by atoms with van der Waals surface area (Å²) in [5.41, 5.74) is 1.36. The summed E-state index contributed by atoms with van der Waals surface area (Å²) in [6.45, 7) is 1.70. The second-order valence-corrected chi connectivity index (χ2v) is 3.90. The van der Waals surface area contributed by atoms with Gasteiger partial charge in [0.2, 0.25) is 0 Å². The van der Waals surface area contributed by atoms with Crippen molar-refractivity contribution >= 4 is 11.6 Å². The van der Waals surface area contributed by atoms with Crippen LogP contribution >= 0.6 is 11.6 Å². The summed E-state index contributed by atoms with van der Waals surface area (Å²) in [6.07, 6.45) is 3.24. The molecule has 4 heteroatoms. The summed E-state index contributed by atoms with van der Waals surface area (Å²) < 4.78 is 18.9. The van der Waals surface area contributed by atoms with Crippen LogP contribution in [0.1, 0.15) is 11.1 Å². The van der Waals surface area contributed by atoms with Gasteiger partial charge in [-0.2, -0.15) is 0 Å².